The van der Waals surface area contributed by atoms with E-state index in [9.17, 15) is 9.18 Å². The lowest BCUT2D eigenvalue weighted by molar-refractivity contribution is -0.135. The van der Waals surface area contributed by atoms with E-state index in [4.69, 9.17) is 0 Å². The zero-order valence-electron chi connectivity index (χ0n) is 7.88. The summed E-state index contributed by atoms with van der Waals surface area (Å²) in [6.45, 7) is 5.89. The van der Waals surface area contributed by atoms with Crippen molar-refractivity contribution in [2.45, 2.75) is 39.4 Å². The van der Waals surface area contributed by atoms with Gasteiger partial charge >= 0.3 is 0 Å². The van der Waals surface area contributed by atoms with E-state index in [0.29, 0.717) is 6.42 Å². The number of amides is 1. The number of likely N-dealkylation sites (tertiary alicyclic amines) is 1. The topological polar surface area (TPSA) is 20.3 Å². The molecule has 2 nitrogen and oxygen atoms in total. The van der Waals surface area contributed by atoms with Crippen LogP contribution in [-0.2, 0) is 4.79 Å². The summed E-state index contributed by atoms with van der Waals surface area (Å²) in [7, 11) is 0. The first-order valence-corrected chi connectivity index (χ1v) is 4.47. The van der Waals surface area contributed by atoms with Gasteiger partial charge in [0.25, 0.3) is 0 Å². The predicted octanol–water partition coefficient (Wildman–Crippen LogP) is 1.60. The van der Waals surface area contributed by atoms with Crippen molar-refractivity contribution in [3.63, 3.8) is 0 Å². The number of carbonyl (C=O) groups excluding carboxylic acids is 1. The van der Waals surface area contributed by atoms with E-state index in [0.717, 1.165) is 0 Å². The summed E-state index contributed by atoms with van der Waals surface area (Å²) >= 11 is 0. The molecular weight excluding hydrogens is 157 g/mol. The molecular formula is C9H16FNO. The Labute approximate surface area is 72.7 Å². The molecule has 1 fully saturated rings. The van der Waals surface area contributed by atoms with E-state index in [-0.39, 0.29) is 24.4 Å². The SMILES string of the molecule is CC(C)C(=O)N1CC(F)C[C@H]1C. The Balaban J connectivity index is 2.58. The fourth-order valence-electron chi connectivity index (χ4n) is 1.60. The minimum Gasteiger partial charge on any atom is -0.337 e. The number of carbonyl (C=O) groups is 1. The Kier molecular flexibility index (Phi) is 2.70. The summed E-state index contributed by atoms with van der Waals surface area (Å²) < 4.78 is 12.9. The first-order valence-electron chi connectivity index (χ1n) is 4.47. The van der Waals surface area contributed by atoms with Crippen molar-refractivity contribution in [1.29, 1.82) is 0 Å². The molecule has 1 amide bonds. The quantitative estimate of drug-likeness (QED) is 0.589. The van der Waals surface area contributed by atoms with Crippen molar-refractivity contribution in [3.8, 4) is 0 Å². The van der Waals surface area contributed by atoms with E-state index in [1.54, 1.807) is 4.90 Å². The van der Waals surface area contributed by atoms with Gasteiger partial charge in [0.1, 0.15) is 6.17 Å². The van der Waals surface area contributed by atoms with Crippen LogP contribution in [-0.4, -0.2) is 29.6 Å². The first kappa shape index (κ1) is 9.49. The fourth-order valence-corrected chi connectivity index (χ4v) is 1.60. The maximum Gasteiger partial charge on any atom is 0.225 e. The molecule has 12 heavy (non-hydrogen) atoms. The van der Waals surface area contributed by atoms with Gasteiger partial charge in [0.2, 0.25) is 5.91 Å². The third-order valence-corrected chi connectivity index (χ3v) is 2.30. The molecule has 1 aliphatic heterocycles. The molecule has 1 aliphatic rings. The van der Waals surface area contributed by atoms with Crippen molar-refractivity contribution in [1.82, 2.24) is 4.90 Å². The lowest BCUT2D eigenvalue weighted by Gasteiger charge is -2.22. The second-order valence-electron chi connectivity index (χ2n) is 3.83. The van der Waals surface area contributed by atoms with Crippen LogP contribution in [0.1, 0.15) is 27.2 Å². The third kappa shape index (κ3) is 1.76. The molecule has 0 aromatic heterocycles. The molecule has 0 aliphatic carbocycles. The number of rotatable bonds is 1. The van der Waals surface area contributed by atoms with Gasteiger partial charge < -0.3 is 4.90 Å². The van der Waals surface area contributed by atoms with Gasteiger partial charge in [-0.1, -0.05) is 13.8 Å². The van der Waals surface area contributed by atoms with Crippen LogP contribution in [0.3, 0.4) is 0 Å². The zero-order chi connectivity index (χ0) is 9.30. The number of halogens is 1. The van der Waals surface area contributed by atoms with Gasteiger partial charge in [-0.3, -0.25) is 4.79 Å². The summed E-state index contributed by atoms with van der Waals surface area (Å²) in [5, 5.41) is 0. The molecule has 0 bridgehead atoms. The Bertz CT molecular complexity index is 181. The van der Waals surface area contributed by atoms with Gasteiger partial charge in [0.05, 0.1) is 6.54 Å². The Morgan fingerprint density at radius 3 is 2.50 bits per heavy atom. The van der Waals surface area contributed by atoms with Crippen molar-refractivity contribution < 1.29 is 9.18 Å². The Hall–Kier alpha value is -0.600. The van der Waals surface area contributed by atoms with Crippen LogP contribution >= 0.6 is 0 Å². The monoisotopic (exact) mass is 173 g/mol. The van der Waals surface area contributed by atoms with Gasteiger partial charge in [-0.2, -0.15) is 0 Å². The molecule has 0 saturated carbocycles. The smallest absolute Gasteiger partial charge is 0.225 e. The standard InChI is InChI=1S/C9H16FNO/c1-6(2)9(12)11-5-8(10)4-7(11)3/h6-8H,4-5H2,1-3H3/t7-,8?/m1/s1. The van der Waals surface area contributed by atoms with E-state index < -0.39 is 6.17 Å². The molecule has 0 aromatic rings. The van der Waals surface area contributed by atoms with Crippen molar-refractivity contribution in [3.05, 3.63) is 0 Å². The van der Waals surface area contributed by atoms with Gasteiger partial charge in [-0.25, -0.2) is 4.39 Å². The maximum absolute atomic E-state index is 12.9. The molecule has 0 radical (unpaired) electrons. The van der Waals surface area contributed by atoms with Crippen LogP contribution in [0.2, 0.25) is 0 Å². The number of alkyl halides is 1. The van der Waals surface area contributed by atoms with E-state index in [2.05, 4.69) is 0 Å². The van der Waals surface area contributed by atoms with Gasteiger partial charge in [0.15, 0.2) is 0 Å². The van der Waals surface area contributed by atoms with Gasteiger partial charge in [0, 0.05) is 18.4 Å². The van der Waals surface area contributed by atoms with E-state index in [1.165, 1.54) is 0 Å². The zero-order valence-corrected chi connectivity index (χ0v) is 7.88. The number of hydrogen-bond donors (Lipinski definition) is 0. The molecule has 1 saturated heterocycles. The van der Waals surface area contributed by atoms with E-state index in [1.807, 2.05) is 20.8 Å². The highest BCUT2D eigenvalue weighted by molar-refractivity contribution is 5.78. The van der Waals surface area contributed by atoms with Crippen molar-refractivity contribution in [2.75, 3.05) is 6.54 Å². The molecule has 1 heterocycles. The van der Waals surface area contributed by atoms with Crippen molar-refractivity contribution >= 4 is 5.91 Å². The van der Waals surface area contributed by atoms with Gasteiger partial charge in [-0.05, 0) is 6.92 Å². The van der Waals surface area contributed by atoms with Crippen LogP contribution < -0.4 is 0 Å². The largest absolute Gasteiger partial charge is 0.337 e. The minimum absolute atomic E-state index is 0.0160. The summed E-state index contributed by atoms with van der Waals surface area (Å²) in [5.41, 5.74) is 0. The molecule has 70 valence electrons. The van der Waals surface area contributed by atoms with Crippen LogP contribution in [0.4, 0.5) is 4.39 Å². The third-order valence-electron chi connectivity index (χ3n) is 2.30. The molecule has 1 unspecified atom stereocenters. The number of nitrogens with zero attached hydrogens (tertiary/aromatic N) is 1. The normalized spacial score (nSPS) is 29.9. The van der Waals surface area contributed by atoms with Crippen LogP contribution in [0.15, 0.2) is 0 Å². The Morgan fingerprint density at radius 2 is 2.17 bits per heavy atom. The second kappa shape index (κ2) is 3.42. The summed E-state index contributed by atoms with van der Waals surface area (Å²) in [5.74, 6) is 0.0559. The summed E-state index contributed by atoms with van der Waals surface area (Å²) in [6.07, 6.45) is -0.318. The van der Waals surface area contributed by atoms with Gasteiger partial charge in [-0.15, -0.1) is 0 Å². The average Bonchev–Trinajstić information content (AvgIpc) is 2.28. The molecule has 2 atom stereocenters. The highest BCUT2D eigenvalue weighted by Gasteiger charge is 2.32. The highest BCUT2D eigenvalue weighted by Crippen LogP contribution is 2.21. The average molecular weight is 173 g/mol. The maximum atomic E-state index is 12.9. The van der Waals surface area contributed by atoms with Crippen LogP contribution in [0, 0.1) is 5.92 Å². The molecule has 0 spiro atoms. The number of hydrogen-bond acceptors (Lipinski definition) is 1. The van der Waals surface area contributed by atoms with Crippen molar-refractivity contribution in [2.24, 2.45) is 5.92 Å². The Morgan fingerprint density at radius 1 is 1.58 bits per heavy atom. The van der Waals surface area contributed by atoms with Crippen LogP contribution in [0.5, 0.6) is 0 Å². The molecule has 0 aromatic carbocycles. The summed E-state index contributed by atoms with van der Waals surface area (Å²) in [4.78, 5) is 13.1. The lowest BCUT2D eigenvalue weighted by atomic mass is 10.2. The second-order valence-corrected chi connectivity index (χ2v) is 3.83. The fraction of sp³-hybridized carbons (Fsp3) is 0.889. The highest BCUT2D eigenvalue weighted by atomic mass is 19.1. The molecule has 0 N–H and O–H groups in total. The molecule has 3 heteroatoms. The molecule has 1 rings (SSSR count). The lowest BCUT2D eigenvalue weighted by Crippen LogP contribution is -2.36. The first-order chi connectivity index (χ1) is 5.52. The van der Waals surface area contributed by atoms with Crippen LogP contribution in [0.25, 0.3) is 0 Å². The summed E-state index contributed by atoms with van der Waals surface area (Å²) in [6, 6.07) is 0.0786. The van der Waals surface area contributed by atoms with E-state index >= 15 is 0 Å². The minimum atomic E-state index is -0.817. The predicted molar refractivity (Wildman–Crippen MR) is 45.5 cm³/mol.